The number of hydrogen-bond acceptors (Lipinski definition) is 5. The molecule has 2 rings (SSSR count). The largest absolute Gasteiger partial charge is 0.508 e. The van der Waals surface area contributed by atoms with E-state index in [0.717, 1.165) is 37.8 Å². The van der Waals surface area contributed by atoms with Crippen LogP contribution < -0.4 is 0 Å². The molecule has 0 heterocycles. The quantitative estimate of drug-likeness (QED) is 0.549. The first kappa shape index (κ1) is 23.7. The summed E-state index contributed by atoms with van der Waals surface area (Å²) in [6, 6.07) is 7.31. The number of aromatic hydroxyl groups is 1. The summed E-state index contributed by atoms with van der Waals surface area (Å²) in [4.78, 5) is 21.8. The van der Waals surface area contributed by atoms with E-state index in [4.69, 9.17) is 10.2 Å². The molecule has 1 unspecified atom stereocenters. The molecule has 1 aromatic rings. The van der Waals surface area contributed by atoms with Gasteiger partial charge < -0.3 is 25.3 Å². The van der Waals surface area contributed by atoms with Crippen LogP contribution in [0.25, 0.3) is 0 Å². The van der Waals surface area contributed by atoms with Crippen LogP contribution in [-0.2, 0) is 9.59 Å². The van der Waals surface area contributed by atoms with E-state index in [2.05, 4.69) is 4.90 Å². The van der Waals surface area contributed by atoms with Gasteiger partial charge in [0.05, 0.1) is 5.60 Å². The van der Waals surface area contributed by atoms with Crippen molar-refractivity contribution in [2.24, 2.45) is 0 Å². The molecule has 28 heavy (non-hydrogen) atoms. The second-order valence-corrected chi connectivity index (χ2v) is 7.54. The lowest BCUT2D eigenvalue weighted by Gasteiger charge is -2.40. The predicted molar refractivity (Wildman–Crippen MR) is 106 cm³/mol. The molecule has 4 N–H and O–H groups in total. The van der Waals surface area contributed by atoms with Crippen LogP contribution in [0.15, 0.2) is 35.9 Å². The molecule has 7 heteroatoms. The number of benzene rings is 1. The molecule has 7 nitrogen and oxygen atoms in total. The van der Waals surface area contributed by atoms with Crippen LogP contribution in [0.2, 0.25) is 0 Å². The summed E-state index contributed by atoms with van der Waals surface area (Å²) in [5.74, 6) is -2.06. The molecule has 0 amide bonds. The Balaban J connectivity index is 0.000000370. The van der Waals surface area contributed by atoms with Gasteiger partial charge in [-0.25, -0.2) is 9.59 Å². The number of likely N-dealkylation sites (N-methyl/N-ethyl adjacent to an activating group) is 1. The smallest absolute Gasteiger partial charge is 0.331 e. The van der Waals surface area contributed by atoms with Crippen molar-refractivity contribution in [3.05, 3.63) is 41.5 Å². The average molecular weight is 393 g/mol. The minimum absolute atomic E-state index is 0.114. The fourth-order valence-electron chi connectivity index (χ4n) is 3.42. The number of aliphatic hydroxyl groups is 1. The van der Waals surface area contributed by atoms with E-state index in [0.29, 0.717) is 6.08 Å². The number of carboxylic acid groups (broad SMARTS) is 2. The van der Waals surface area contributed by atoms with Crippen LogP contribution in [0.1, 0.15) is 50.5 Å². The lowest BCUT2D eigenvalue weighted by atomic mass is 9.72. The Kier molecular flexibility index (Phi) is 9.15. The van der Waals surface area contributed by atoms with Gasteiger partial charge in [0, 0.05) is 24.1 Å². The zero-order valence-corrected chi connectivity index (χ0v) is 16.8. The van der Waals surface area contributed by atoms with Gasteiger partial charge in [-0.2, -0.15) is 0 Å². The standard InChI is InChI=1S/C16H25NO2.C5H6O4/c1-17(2)12-15(13-6-8-14(18)9-7-13)16(19)10-4-3-5-11-16;1-3(5(8)9)2-4(6)7/h6-9,15,18-19H,3-5,10-12H2,1-2H3;2H,1H3,(H,6,7)(H,8,9)/b;3-2-. The highest BCUT2D eigenvalue weighted by atomic mass is 16.4. The van der Waals surface area contributed by atoms with Crippen LogP contribution in [0.3, 0.4) is 0 Å². The summed E-state index contributed by atoms with van der Waals surface area (Å²) in [5, 5.41) is 36.5. The van der Waals surface area contributed by atoms with Gasteiger partial charge in [0.1, 0.15) is 5.75 Å². The predicted octanol–water partition coefficient (Wildman–Crippen LogP) is 2.83. The van der Waals surface area contributed by atoms with Crippen molar-refractivity contribution in [1.29, 1.82) is 0 Å². The Morgan fingerprint density at radius 3 is 2.04 bits per heavy atom. The minimum atomic E-state index is -1.24. The fourth-order valence-corrected chi connectivity index (χ4v) is 3.42. The number of phenols is 1. The average Bonchev–Trinajstić information content (AvgIpc) is 2.61. The third kappa shape index (κ3) is 7.70. The second kappa shape index (κ2) is 10.8. The topological polar surface area (TPSA) is 118 Å². The molecule has 1 aliphatic rings. The lowest BCUT2D eigenvalue weighted by molar-refractivity contribution is -0.135. The summed E-state index contributed by atoms with van der Waals surface area (Å²) >= 11 is 0. The van der Waals surface area contributed by atoms with Crippen molar-refractivity contribution >= 4 is 11.9 Å². The number of carboxylic acids is 2. The van der Waals surface area contributed by atoms with Crippen molar-refractivity contribution in [2.45, 2.75) is 50.5 Å². The van der Waals surface area contributed by atoms with Gasteiger partial charge in [-0.15, -0.1) is 0 Å². The zero-order valence-electron chi connectivity index (χ0n) is 16.8. The monoisotopic (exact) mass is 393 g/mol. The molecule has 1 saturated carbocycles. The van der Waals surface area contributed by atoms with Crippen LogP contribution in [0.4, 0.5) is 0 Å². The SMILES string of the molecule is C/C(=C/C(=O)O)C(=O)O.CN(C)CC(c1ccc(O)cc1)C1(O)CCCCC1. The highest BCUT2D eigenvalue weighted by molar-refractivity contribution is 5.93. The molecule has 1 atom stereocenters. The maximum Gasteiger partial charge on any atom is 0.331 e. The molecular formula is C21H31NO6. The van der Waals surface area contributed by atoms with E-state index >= 15 is 0 Å². The number of hydrogen-bond donors (Lipinski definition) is 4. The van der Waals surface area contributed by atoms with Gasteiger partial charge in [0.2, 0.25) is 0 Å². The number of nitrogens with zero attached hydrogens (tertiary/aromatic N) is 1. The fraction of sp³-hybridized carbons (Fsp3) is 0.524. The van der Waals surface area contributed by atoms with E-state index in [9.17, 15) is 19.8 Å². The number of carbonyl (C=O) groups is 2. The number of aliphatic carboxylic acids is 2. The molecule has 0 spiro atoms. The first-order chi connectivity index (χ1) is 13.0. The molecule has 1 aromatic carbocycles. The van der Waals surface area contributed by atoms with Crippen LogP contribution in [0.5, 0.6) is 5.75 Å². The first-order valence-electron chi connectivity index (χ1n) is 9.35. The number of phenolic OH excluding ortho intramolecular Hbond substituents is 1. The summed E-state index contributed by atoms with van der Waals surface area (Å²) < 4.78 is 0. The molecule has 0 bridgehead atoms. The Bertz CT molecular complexity index is 675. The van der Waals surface area contributed by atoms with Gasteiger partial charge >= 0.3 is 11.9 Å². The lowest BCUT2D eigenvalue weighted by Crippen LogP contribution is -2.42. The van der Waals surface area contributed by atoms with Gasteiger partial charge in [-0.05, 0) is 51.6 Å². The van der Waals surface area contributed by atoms with Crippen molar-refractivity contribution < 1.29 is 30.0 Å². The Labute approximate surface area is 165 Å². The summed E-state index contributed by atoms with van der Waals surface area (Å²) in [7, 11) is 4.08. The van der Waals surface area contributed by atoms with Gasteiger partial charge in [0.25, 0.3) is 0 Å². The summed E-state index contributed by atoms with van der Waals surface area (Å²) in [5.41, 5.74) is 0.345. The first-order valence-corrected chi connectivity index (χ1v) is 9.35. The maximum absolute atomic E-state index is 11.0. The molecule has 0 saturated heterocycles. The Hall–Kier alpha value is -2.38. The molecule has 1 fully saturated rings. The molecule has 0 aromatic heterocycles. The van der Waals surface area contributed by atoms with Crippen molar-refractivity contribution in [1.82, 2.24) is 4.90 Å². The van der Waals surface area contributed by atoms with Crippen molar-refractivity contribution in [3.63, 3.8) is 0 Å². The van der Waals surface area contributed by atoms with Crippen molar-refractivity contribution in [2.75, 3.05) is 20.6 Å². The Morgan fingerprint density at radius 1 is 1.11 bits per heavy atom. The van der Waals surface area contributed by atoms with Gasteiger partial charge in [-0.1, -0.05) is 31.4 Å². The molecule has 0 radical (unpaired) electrons. The third-order valence-corrected chi connectivity index (χ3v) is 4.89. The van der Waals surface area contributed by atoms with E-state index < -0.39 is 17.5 Å². The summed E-state index contributed by atoms with van der Waals surface area (Å²) in [6.45, 7) is 2.05. The Morgan fingerprint density at radius 2 is 1.64 bits per heavy atom. The molecule has 0 aliphatic heterocycles. The van der Waals surface area contributed by atoms with Crippen LogP contribution in [-0.4, -0.2) is 63.5 Å². The van der Waals surface area contributed by atoms with Gasteiger partial charge in [0.15, 0.2) is 0 Å². The molecular weight excluding hydrogens is 362 g/mol. The van der Waals surface area contributed by atoms with E-state index in [1.54, 1.807) is 12.1 Å². The normalized spacial score (nSPS) is 17.4. The van der Waals surface area contributed by atoms with E-state index in [1.165, 1.54) is 13.3 Å². The molecule has 156 valence electrons. The van der Waals surface area contributed by atoms with Crippen molar-refractivity contribution in [3.8, 4) is 5.75 Å². The minimum Gasteiger partial charge on any atom is -0.508 e. The van der Waals surface area contributed by atoms with Crippen LogP contribution in [0, 0.1) is 0 Å². The maximum atomic E-state index is 11.0. The zero-order chi connectivity index (χ0) is 21.3. The second-order valence-electron chi connectivity index (χ2n) is 7.54. The third-order valence-electron chi connectivity index (χ3n) is 4.89. The van der Waals surface area contributed by atoms with E-state index in [-0.39, 0.29) is 17.2 Å². The highest BCUT2D eigenvalue weighted by Crippen LogP contribution is 2.40. The van der Waals surface area contributed by atoms with E-state index in [1.807, 2.05) is 26.2 Å². The van der Waals surface area contributed by atoms with Crippen LogP contribution >= 0.6 is 0 Å². The summed E-state index contributed by atoms with van der Waals surface area (Å²) in [6.07, 6.45) is 5.85. The van der Waals surface area contributed by atoms with Gasteiger partial charge in [-0.3, -0.25) is 0 Å². The molecule has 1 aliphatic carbocycles. The highest BCUT2D eigenvalue weighted by Gasteiger charge is 2.38. The number of rotatable bonds is 6.